The minimum Gasteiger partial charge on any atom is -0.496 e. The molecule has 1 aromatic carbocycles. The van der Waals surface area contributed by atoms with Gasteiger partial charge in [0.25, 0.3) is 5.56 Å². The molecule has 0 bridgehead atoms. The minimum absolute atomic E-state index is 0.0652. The van der Waals surface area contributed by atoms with E-state index in [1.807, 2.05) is 6.92 Å². The second kappa shape index (κ2) is 8.89. The lowest BCUT2D eigenvalue weighted by Gasteiger charge is -2.16. The highest BCUT2D eigenvalue weighted by atomic mass is 35.5. The second-order valence-electron chi connectivity index (χ2n) is 6.45. The van der Waals surface area contributed by atoms with Gasteiger partial charge >= 0.3 is 6.16 Å². The van der Waals surface area contributed by atoms with E-state index >= 15 is 0 Å². The van der Waals surface area contributed by atoms with E-state index in [0.29, 0.717) is 42.5 Å². The molecule has 1 aliphatic heterocycles. The van der Waals surface area contributed by atoms with E-state index in [1.54, 1.807) is 35.9 Å². The maximum absolute atomic E-state index is 13.4. The van der Waals surface area contributed by atoms with Crippen LogP contribution in [-0.4, -0.2) is 54.5 Å². The zero-order chi connectivity index (χ0) is 21.1. The molecule has 0 fully saturated rings. The van der Waals surface area contributed by atoms with Crippen LogP contribution in [0.5, 0.6) is 11.6 Å². The first-order chi connectivity index (χ1) is 13.9. The van der Waals surface area contributed by atoms with Crippen LogP contribution in [0.2, 0.25) is 5.02 Å². The van der Waals surface area contributed by atoms with Crippen molar-refractivity contribution in [2.24, 2.45) is 0 Å². The number of fused-ring (bicyclic) bond motifs is 1. The molecule has 3 rings (SSSR count). The Labute approximate surface area is 173 Å². The topological polar surface area (TPSA) is 84.2 Å². The summed E-state index contributed by atoms with van der Waals surface area (Å²) in [6.07, 6.45) is -0.898. The molecule has 0 spiro atoms. The van der Waals surface area contributed by atoms with Crippen LogP contribution in [0.3, 0.4) is 0 Å². The Hall–Kier alpha value is -2.49. The number of benzene rings is 1. The van der Waals surface area contributed by atoms with Gasteiger partial charge in [-0.1, -0.05) is 11.6 Å². The van der Waals surface area contributed by atoms with Gasteiger partial charge in [0.05, 0.1) is 44.5 Å². The number of carbonyl (C=O) groups is 1. The van der Waals surface area contributed by atoms with Crippen molar-refractivity contribution in [3.63, 3.8) is 0 Å². The Morgan fingerprint density at radius 2 is 1.79 bits per heavy atom. The first-order valence-corrected chi connectivity index (χ1v) is 9.60. The Balaban J connectivity index is 2.23. The number of carbonyl (C=O) groups excluding carboxylic acids is 1. The molecule has 2 aromatic rings. The van der Waals surface area contributed by atoms with E-state index in [2.05, 4.69) is 0 Å². The number of hydrogen-bond donors (Lipinski definition) is 0. The molecule has 0 aliphatic carbocycles. The van der Waals surface area contributed by atoms with Gasteiger partial charge in [0.1, 0.15) is 11.3 Å². The molecule has 158 valence electrons. The van der Waals surface area contributed by atoms with Crippen molar-refractivity contribution in [2.75, 3.05) is 33.9 Å². The van der Waals surface area contributed by atoms with Crippen molar-refractivity contribution in [2.45, 2.75) is 26.9 Å². The largest absolute Gasteiger partial charge is 0.515 e. The fourth-order valence-corrected chi connectivity index (χ4v) is 3.74. The Morgan fingerprint density at radius 3 is 2.41 bits per heavy atom. The van der Waals surface area contributed by atoms with Gasteiger partial charge in [-0.15, -0.1) is 0 Å². The smallest absolute Gasteiger partial charge is 0.496 e. The predicted molar refractivity (Wildman–Crippen MR) is 107 cm³/mol. The van der Waals surface area contributed by atoms with Gasteiger partial charge in [0.15, 0.2) is 0 Å². The third kappa shape index (κ3) is 4.12. The molecule has 0 saturated heterocycles. The summed E-state index contributed by atoms with van der Waals surface area (Å²) in [5.74, 6) is 0.483. The van der Waals surface area contributed by atoms with Gasteiger partial charge in [0.2, 0.25) is 5.88 Å². The summed E-state index contributed by atoms with van der Waals surface area (Å²) in [7, 11) is 3.07. The summed E-state index contributed by atoms with van der Waals surface area (Å²) in [6.45, 7) is 5.40. The fraction of sp³-hybridized carbons (Fsp3) is 0.474. The highest BCUT2D eigenvalue weighted by Gasteiger charge is 2.30. The van der Waals surface area contributed by atoms with Gasteiger partial charge < -0.3 is 19.0 Å². The van der Waals surface area contributed by atoms with Crippen molar-refractivity contribution in [1.82, 2.24) is 14.4 Å². The number of ether oxygens (including phenoxy) is 3. The average molecular weight is 426 g/mol. The number of aromatic nitrogens is 2. The van der Waals surface area contributed by atoms with Gasteiger partial charge in [-0.25, -0.2) is 14.2 Å². The van der Waals surface area contributed by atoms with Gasteiger partial charge in [0, 0.05) is 13.1 Å². The Bertz CT molecular complexity index is 968. The molecule has 10 heteroatoms. The third-order valence-corrected chi connectivity index (χ3v) is 4.98. The number of methoxy groups -OCH3 is 1. The first kappa shape index (κ1) is 21.2. The molecule has 0 unspecified atom stereocenters. The van der Waals surface area contributed by atoms with Crippen LogP contribution >= 0.6 is 11.6 Å². The van der Waals surface area contributed by atoms with Gasteiger partial charge in [-0.2, -0.15) is 5.06 Å². The fourth-order valence-electron chi connectivity index (χ4n) is 3.38. The molecule has 0 radical (unpaired) electrons. The average Bonchev–Trinajstić information content (AvgIpc) is 2.83. The van der Waals surface area contributed by atoms with Crippen molar-refractivity contribution in [3.05, 3.63) is 33.1 Å². The standard InChI is InChI=1S/C19H24ClN3O6/c1-5-28-19(25)29-18-16(15-13(20)10-12(2)11-14(15)26-3)17(24)22-8-6-21(27-4)7-9-23(18)22/h10-11H,5-9H2,1-4H3. The monoisotopic (exact) mass is 425 g/mol. The number of hydroxylamine groups is 2. The molecular weight excluding hydrogens is 402 g/mol. The number of aryl methyl sites for hydroxylation is 1. The minimum atomic E-state index is -0.898. The van der Waals surface area contributed by atoms with Crippen molar-refractivity contribution in [3.8, 4) is 22.8 Å². The third-order valence-electron chi connectivity index (χ3n) is 4.68. The SMILES string of the molecule is CCOC(=O)Oc1c(-c2c(Cl)cc(C)cc2OC)c(=O)n2n1CCN(OC)CC2. The Kier molecular flexibility index (Phi) is 6.51. The summed E-state index contributed by atoms with van der Waals surface area (Å²) in [4.78, 5) is 30.8. The highest BCUT2D eigenvalue weighted by Crippen LogP contribution is 2.41. The van der Waals surface area contributed by atoms with E-state index in [4.69, 9.17) is 30.6 Å². The molecule has 0 N–H and O–H groups in total. The van der Waals surface area contributed by atoms with E-state index in [-0.39, 0.29) is 23.6 Å². The lowest BCUT2D eigenvalue weighted by Crippen LogP contribution is -2.27. The van der Waals surface area contributed by atoms with Crippen LogP contribution < -0.4 is 15.0 Å². The normalized spacial score (nSPS) is 14.2. The molecule has 0 saturated carbocycles. The van der Waals surface area contributed by atoms with Crippen molar-refractivity contribution >= 4 is 17.8 Å². The van der Waals surface area contributed by atoms with Crippen LogP contribution in [0.1, 0.15) is 12.5 Å². The lowest BCUT2D eigenvalue weighted by atomic mass is 10.0. The highest BCUT2D eigenvalue weighted by molar-refractivity contribution is 6.34. The molecule has 0 amide bonds. The van der Waals surface area contributed by atoms with Gasteiger partial charge in [-0.3, -0.25) is 4.79 Å². The number of rotatable bonds is 5. The molecule has 1 aliphatic rings. The lowest BCUT2D eigenvalue weighted by molar-refractivity contribution is -0.130. The predicted octanol–water partition coefficient (Wildman–Crippen LogP) is 2.70. The summed E-state index contributed by atoms with van der Waals surface area (Å²) in [5, 5.41) is 2.06. The summed E-state index contributed by atoms with van der Waals surface area (Å²) < 4.78 is 19.0. The van der Waals surface area contributed by atoms with E-state index in [0.717, 1.165) is 5.56 Å². The zero-order valence-corrected chi connectivity index (χ0v) is 17.6. The van der Waals surface area contributed by atoms with Crippen LogP contribution in [0, 0.1) is 6.92 Å². The summed E-state index contributed by atoms with van der Waals surface area (Å²) in [5.41, 5.74) is 1.07. The molecule has 9 nitrogen and oxygen atoms in total. The molecule has 1 aromatic heterocycles. The molecule has 0 atom stereocenters. The van der Waals surface area contributed by atoms with E-state index < -0.39 is 6.16 Å². The molecule has 2 heterocycles. The number of halogens is 1. The maximum atomic E-state index is 13.4. The maximum Gasteiger partial charge on any atom is 0.515 e. The summed E-state index contributed by atoms with van der Waals surface area (Å²) in [6, 6.07) is 3.50. The van der Waals surface area contributed by atoms with Crippen molar-refractivity contribution in [1.29, 1.82) is 0 Å². The van der Waals surface area contributed by atoms with Gasteiger partial charge in [-0.05, 0) is 31.5 Å². The summed E-state index contributed by atoms with van der Waals surface area (Å²) >= 11 is 6.49. The molecule has 29 heavy (non-hydrogen) atoms. The van der Waals surface area contributed by atoms with Crippen LogP contribution in [0.15, 0.2) is 16.9 Å². The first-order valence-electron chi connectivity index (χ1n) is 9.23. The van der Waals surface area contributed by atoms with Crippen molar-refractivity contribution < 1.29 is 23.8 Å². The quantitative estimate of drug-likeness (QED) is 0.681. The van der Waals surface area contributed by atoms with Crippen LogP contribution in [-0.2, 0) is 22.7 Å². The van der Waals surface area contributed by atoms with Crippen LogP contribution in [0.25, 0.3) is 11.1 Å². The zero-order valence-electron chi connectivity index (χ0n) is 16.9. The number of hydrogen-bond acceptors (Lipinski definition) is 7. The van der Waals surface area contributed by atoms with Crippen LogP contribution in [0.4, 0.5) is 4.79 Å². The Morgan fingerprint density at radius 1 is 1.10 bits per heavy atom. The van der Waals surface area contributed by atoms with E-state index in [1.165, 1.54) is 11.8 Å². The molecular formula is C19H24ClN3O6. The second-order valence-corrected chi connectivity index (χ2v) is 6.86. The van der Waals surface area contributed by atoms with E-state index in [9.17, 15) is 9.59 Å². The number of nitrogens with zero attached hydrogens (tertiary/aromatic N) is 3.